The van der Waals surface area contributed by atoms with Crippen LogP contribution in [0.4, 0.5) is 0 Å². The van der Waals surface area contributed by atoms with Crippen LogP contribution < -0.4 is 16.4 Å². The van der Waals surface area contributed by atoms with E-state index in [-0.39, 0.29) is 24.4 Å². The van der Waals surface area contributed by atoms with E-state index in [9.17, 15) is 9.59 Å². The summed E-state index contributed by atoms with van der Waals surface area (Å²) in [5.74, 6) is -0.751. The number of carbonyl (C=O) groups excluding carboxylic acids is 2. The third-order valence-electron chi connectivity index (χ3n) is 2.61. The Morgan fingerprint density at radius 2 is 2.33 bits per heavy atom. The molecule has 1 aliphatic heterocycles. The Balaban J connectivity index is 2.32. The highest BCUT2D eigenvalue weighted by atomic mass is 16.3. The maximum absolute atomic E-state index is 11.5. The van der Waals surface area contributed by atoms with Crippen molar-refractivity contribution < 1.29 is 14.7 Å². The first-order valence-electron chi connectivity index (χ1n) is 5.01. The first-order chi connectivity index (χ1) is 7.02. The number of primary amides is 1. The summed E-state index contributed by atoms with van der Waals surface area (Å²) in [7, 11) is 0. The molecule has 0 aromatic rings. The summed E-state index contributed by atoms with van der Waals surface area (Å²) in [4.78, 5) is 22.0. The fourth-order valence-corrected chi connectivity index (χ4v) is 1.59. The largest absolute Gasteiger partial charge is 0.381 e. The Morgan fingerprint density at radius 1 is 1.67 bits per heavy atom. The Labute approximate surface area is 88.2 Å². The summed E-state index contributed by atoms with van der Waals surface area (Å²) in [5, 5.41) is 14.6. The lowest BCUT2D eigenvalue weighted by Gasteiger charge is -2.16. The Kier molecular flexibility index (Phi) is 4.05. The number of aliphatic hydroxyl groups excluding tert-OH is 1. The quantitative estimate of drug-likeness (QED) is 0.433. The lowest BCUT2D eigenvalue weighted by atomic mass is 10.0. The first kappa shape index (κ1) is 11.9. The summed E-state index contributed by atoms with van der Waals surface area (Å²) in [6.07, 6.45) is -0.359. The van der Waals surface area contributed by atoms with E-state index < -0.39 is 12.0 Å². The zero-order chi connectivity index (χ0) is 11.4. The smallest absolute Gasteiger partial charge is 0.248 e. The molecule has 6 nitrogen and oxygen atoms in total. The van der Waals surface area contributed by atoms with Crippen molar-refractivity contribution in [3.63, 3.8) is 0 Å². The zero-order valence-electron chi connectivity index (χ0n) is 8.69. The molecule has 1 saturated heterocycles. The molecule has 0 aromatic heterocycles. The van der Waals surface area contributed by atoms with Crippen LogP contribution in [0.2, 0.25) is 0 Å². The van der Waals surface area contributed by atoms with Crippen LogP contribution in [0.5, 0.6) is 0 Å². The maximum Gasteiger partial charge on any atom is 0.248 e. The lowest BCUT2D eigenvalue weighted by Crippen LogP contribution is -2.47. The van der Waals surface area contributed by atoms with E-state index in [1.807, 2.05) is 6.92 Å². The van der Waals surface area contributed by atoms with Crippen LogP contribution in [0, 0.1) is 5.92 Å². The second kappa shape index (κ2) is 5.09. The van der Waals surface area contributed by atoms with Gasteiger partial charge in [0.05, 0.1) is 12.6 Å². The van der Waals surface area contributed by atoms with Crippen LogP contribution in [-0.2, 0) is 9.59 Å². The number of carbonyl (C=O) groups is 2. The van der Waals surface area contributed by atoms with E-state index in [0.29, 0.717) is 0 Å². The Morgan fingerprint density at radius 3 is 2.80 bits per heavy atom. The third kappa shape index (κ3) is 3.17. The SMILES string of the molecule is CC1CCNC1C(=O)NCC(O)C(N)=O. The molecule has 0 bridgehead atoms. The van der Waals surface area contributed by atoms with Gasteiger partial charge in [0, 0.05) is 0 Å². The number of hydrogen-bond acceptors (Lipinski definition) is 4. The molecule has 0 aromatic carbocycles. The lowest BCUT2D eigenvalue weighted by molar-refractivity contribution is -0.127. The first-order valence-corrected chi connectivity index (χ1v) is 5.01. The van der Waals surface area contributed by atoms with Crippen LogP contribution in [0.15, 0.2) is 0 Å². The predicted octanol–water partition coefficient (Wildman–Crippen LogP) is -2.05. The number of nitrogens with two attached hydrogens (primary N) is 1. The summed E-state index contributed by atoms with van der Waals surface area (Å²) < 4.78 is 0. The van der Waals surface area contributed by atoms with Gasteiger partial charge >= 0.3 is 0 Å². The zero-order valence-corrected chi connectivity index (χ0v) is 8.69. The van der Waals surface area contributed by atoms with Crippen molar-refractivity contribution in [1.82, 2.24) is 10.6 Å². The third-order valence-corrected chi connectivity index (χ3v) is 2.61. The van der Waals surface area contributed by atoms with E-state index in [0.717, 1.165) is 13.0 Å². The van der Waals surface area contributed by atoms with Crippen molar-refractivity contribution in [1.29, 1.82) is 0 Å². The fourth-order valence-electron chi connectivity index (χ4n) is 1.59. The molecule has 86 valence electrons. The normalized spacial score (nSPS) is 27.3. The standard InChI is InChI=1S/C9H17N3O3/c1-5-2-3-11-7(5)9(15)12-4-6(13)8(10)14/h5-7,11,13H,2-4H2,1H3,(H2,10,14)(H,12,15). The maximum atomic E-state index is 11.5. The molecule has 0 aliphatic carbocycles. The van der Waals surface area contributed by atoms with Gasteiger partial charge < -0.3 is 21.5 Å². The van der Waals surface area contributed by atoms with Gasteiger partial charge in [-0.2, -0.15) is 0 Å². The van der Waals surface area contributed by atoms with Crippen molar-refractivity contribution >= 4 is 11.8 Å². The number of nitrogens with one attached hydrogen (secondary N) is 2. The number of aliphatic hydroxyl groups is 1. The molecule has 3 unspecified atom stereocenters. The second-order valence-electron chi connectivity index (χ2n) is 3.86. The van der Waals surface area contributed by atoms with Gasteiger partial charge in [-0.15, -0.1) is 0 Å². The van der Waals surface area contributed by atoms with Gasteiger partial charge in [-0.05, 0) is 18.9 Å². The summed E-state index contributed by atoms with van der Waals surface area (Å²) in [6, 6.07) is -0.231. The van der Waals surface area contributed by atoms with E-state index in [2.05, 4.69) is 10.6 Å². The van der Waals surface area contributed by atoms with Gasteiger partial charge in [0.15, 0.2) is 0 Å². The monoisotopic (exact) mass is 215 g/mol. The van der Waals surface area contributed by atoms with Crippen LogP contribution >= 0.6 is 0 Å². The van der Waals surface area contributed by atoms with E-state index >= 15 is 0 Å². The highest BCUT2D eigenvalue weighted by Gasteiger charge is 2.29. The summed E-state index contributed by atoms with van der Waals surface area (Å²) in [6.45, 7) is 2.67. The van der Waals surface area contributed by atoms with Gasteiger partial charge in [0.1, 0.15) is 6.10 Å². The minimum Gasteiger partial charge on any atom is -0.381 e. The topological polar surface area (TPSA) is 104 Å². The van der Waals surface area contributed by atoms with Crippen molar-refractivity contribution in [3.8, 4) is 0 Å². The molecule has 3 atom stereocenters. The van der Waals surface area contributed by atoms with Crippen LogP contribution in [0.3, 0.4) is 0 Å². The van der Waals surface area contributed by atoms with Crippen molar-refractivity contribution in [2.75, 3.05) is 13.1 Å². The molecule has 6 heteroatoms. The van der Waals surface area contributed by atoms with E-state index in [4.69, 9.17) is 10.8 Å². The van der Waals surface area contributed by atoms with Gasteiger partial charge in [-0.1, -0.05) is 6.92 Å². The van der Waals surface area contributed by atoms with Crippen LogP contribution in [0.25, 0.3) is 0 Å². The van der Waals surface area contributed by atoms with Crippen LogP contribution in [0.1, 0.15) is 13.3 Å². The average Bonchev–Trinajstić information content (AvgIpc) is 2.60. The summed E-state index contributed by atoms with van der Waals surface area (Å²) in [5.41, 5.74) is 4.85. The van der Waals surface area contributed by atoms with Gasteiger partial charge in [0.2, 0.25) is 11.8 Å². The fraction of sp³-hybridized carbons (Fsp3) is 0.778. The van der Waals surface area contributed by atoms with Gasteiger partial charge in [-0.3, -0.25) is 9.59 Å². The number of rotatable bonds is 4. The second-order valence-corrected chi connectivity index (χ2v) is 3.86. The average molecular weight is 215 g/mol. The van der Waals surface area contributed by atoms with Gasteiger partial charge in [-0.25, -0.2) is 0 Å². The molecule has 2 amide bonds. The Hall–Kier alpha value is -1.14. The van der Waals surface area contributed by atoms with Crippen molar-refractivity contribution in [2.45, 2.75) is 25.5 Å². The van der Waals surface area contributed by atoms with Crippen molar-refractivity contribution in [2.24, 2.45) is 11.7 Å². The van der Waals surface area contributed by atoms with Crippen molar-refractivity contribution in [3.05, 3.63) is 0 Å². The predicted molar refractivity (Wildman–Crippen MR) is 53.8 cm³/mol. The molecule has 0 spiro atoms. The molecule has 1 heterocycles. The van der Waals surface area contributed by atoms with Gasteiger partial charge in [0.25, 0.3) is 0 Å². The van der Waals surface area contributed by atoms with E-state index in [1.54, 1.807) is 0 Å². The minimum absolute atomic E-state index is 0.126. The molecule has 1 rings (SSSR count). The molecular formula is C9H17N3O3. The highest BCUT2D eigenvalue weighted by molar-refractivity contribution is 5.84. The molecule has 0 saturated carbocycles. The minimum atomic E-state index is -1.31. The Bertz CT molecular complexity index is 257. The highest BCUT2D eigenvalue weighted by Crippen LogP contribution is 2.13. The summed E-state index contributed by atoms with van der Waals surface area (Å²) >= 11 is 0. The number of hydrogen-bond donors (Lipinski definition) is 4. The molecule has 1 fully saturated rings. The molecule has 5 N–H and O–H groups in total. The molecule has 1 aliphatic rings. The number of amides is 2. The van der Waals surface area contributed by atoms with E-state index in [1.165, 1.54) is 0 Å². The van der Waals surface area contributed by atoms with Crippen LogP contribution in [-0.4, -0.2) is 42.2 Å². The molecule has 15 heavy (non-hydrogen) atoms. The molecule has 0 radical (unpaired) electrons. The molecular weight excluding hydrogens is 198 g/mol.